The van der Waals surface area contributed by atoms with Gasteiger partial charge >= 0.3 is 0 Å². The Labute approximate surface area is 137 Å². The molecule has 1 aliphatic heterocycles. The SMILES string of the molecule is CCN1C(=O)C(Cl)CC=C1c1ccc(OCOC)cc1Br. The monoisotopic (exact) mass is 373 g/mol. The molecule has 1 atom stereocenters. The third kappa shape index (κ3) is 3.59. The zero-order valence-corrected chi connectivity index (χ0v) is 14.3. The third-order valence-corrected chi connectivity index (χ3v) is 4.24. The Morgan fingerprint density at radius 1 is 1.48 bits per heavy atom. The molecule has 1 heterocycles. The molecule has 114 valence electrons. The molecule has 0 saturated heterocycles. The van der Waals surface area contributed by atoms with E-state index >= 15 is 0 Å². The van der Waals surface area contributed by atoms with Gasteiger partial charge in [-0.25, -0.2) is 0 Å². The van der Waals surface area contributed by atoms with Crippen LogP contribution in [-0.4, -0.2) is 36.6 Å². The van der Waals surface area contributed by atoms with Crippen molar-refractivity contribution < 1.29 is 14.3 Å². The Kier molecular flexibility index (Phi) is 5.67. The van der Waals surface area contributed by atoms with Crippen LogP contribution in [0.4, 0.5) is 0 Å². The highest BCUT2D eigenvalue weighted by Crippen LogP contribution is 2.34. The van der Waals surface area contributed by atoms with Gasteiger partial charge in [0, 0.05) is 29.4 Å². The number of hydrogen-bond acceptors (Lipinski definition) is 3. The van der Waals surface area contributed by atoms with Gasteiger partial charge in [-0.15, -0.1) is 11.6 Å². The molecule has 0 aliphatic carbocycles. The lowest BCUT2D eigenvalue weighted by molar-refractivity contribution is -0.127. The number of alkyl halides is 1. The second-order valence-electron chi connectivity index (χ2n) is 4.57. The highest BCUT2D eigenvalue weighted by atomic mass is 79.9. The van der Waals surface area contributed by atoms with Gasteiger partial charge in [0.2, 0.25) is 5.91 Å². The molecule has 0 spiro atoms. The summed E-state index contributed by atoms with van der Waals surface area (Å²) in [6.45, 7) is 2.72. The normalized spacial score (nSPS) is 18.7. The van der Waals surface area contributed by atoms with Gasteiger partial charge in [-0.1, -0.05) is 6.08 Å². The van der Waals surface area contributed by atoms with E-state index in [1.54, 1.807) is 12.0 Å². The molecule has 21 heavy (non-hydrogen) atoms. The van der Waals surface area contributed by atoms with E-state index in [-0.39, 0.29) is 12.7 Å². The Balaban J connectivity index is 2.30. The van der Waals surface area contributed by atoms with Crippen molar-refractivity contribution >= 4 is 39.1 Å². The lowest BCUT2D eigenvalue weighted by Gasteiger charge is -2.30. The minimum absolute atomic E-state index is 0.0525. The summed E-state index contributed by atoms with van der Waals surface area (Å²) in [4.78, 5) is 13.9. The molecule has 1 aromatic carbocycles. The van der Waals surface area contributed by atoms with Crippen molar-refractivity contribution in [2.24, 2.45) is 0 Å². The van der Waals surface area contributed by atoms with E-state index in [0.29, 0.717) is 18.7 Å². The van der Waals surface area contributed by atoms with E-state index in [9.17, 15) is 4.79 Å². The summed E-state index contributed by atoms with van der Waals surface area (Å²) in [5, 5.41) is -0.475. The van der Waals surface area contributed by atoms with Gasteiger partial charge in [-0.2, -0.15) is 0 Å². The fourth-order valence-corrected chi connectivity index (χ4v) is 2.98. The third-order valence-electron chi connectivity index (χ3n) is 3.22. The molecule has 1 unspecified atom stereocenters. The number of carbonyl (C=O) groups is 1. The number of halogens is 2. The fraction of sp³-hybridized carbons (Fsp3) is 0.400. The summed E-state index contributed by atoms with van der Waals surface area (Å²) >= 11 is 9.57. The van der Waals surface area contributed by atoms with Crippen LogP contribution in [0.15, 0.2) is 28.7 Å². The molecule has 1 aliphatic rings. The number of ether oxygens (including phenoxy) is 2. The number of nitrogens with zero attached hydrogens (tertiary/aromatic N) is 1. The number of carbonyl (C=O) groups excluding carboxylic acids is 1. The molecule has 0 saturated carbocycles. The summed E-state index contributed by atoms with van der Waals surface area (Å²) in [5.41, 5.74) is 1.82. The Morgan fingerprint density at radius 2 is 2.24 bits per heavy atom. The van der Waals surface area contributed by atoms with Crippen molar-refractivity contribution in [2.45, 2.75) is 18.7 Å². The summed E-state index contributed by atoms with van der Waals surface area (Å²) in [6, 6.07) is 5.64. The van der Waals surface area contributed by atoms with Crippen molar-refractivity contribution in [1.82, 2.24) is 4.90 Å². The first-order chi connectivity index (χ1) is 10.1. The minimum atomic E-state index is -0.475. The lowest BCUT2D eigenvalue weighted by atomic mass is 10.0. The van der Waals surface area contributed by atoms with Gasteiger partial charge in [-0.05, 0) is 47.5 Å². The van der Waals surface area contributed by atoms with Crippen LogP contribution in [0, 0.1) is 0 Å². The van der Waals surface area contributed by atoms with Crippen molar-refractivity contribution in [3.05, 3.63) is 34.3 Å². The Hall–Kier alpha value is -1.04. The number of benzene rings is 1. The first-order valence-corrected chi connectivity index (χ1v) is 7.88. The van der Waals surface area contributed by atoms with Crippen LogP contribution in [0.1, 0.15) is 18.9 Å². The van der Waals surface area contributed by atoms with Crippen LogP contribution in [0.5, 0.6) is 5.75 Å². The standard InChI is InChI=1S/C15H17BrClNO3/c1-3-18-14(7-6-13(17)15(18)19)11-5-4-10(8-12(11)16)21-9-20-2/h4-5,7-8,13H,3,6,9H2,1-2H3. The van der Waals surface area contributed by atoms with Crippen molar-refractivity contribution in [1.29, 1.82) is 0 Å². The predicted octanol–water partition coefficient (Wildman–Crippen LogP) is 3.63. The second-order valence-corrected chi connectivity index (χ2v) is 5.95. The molecule has 1 aromatic rings. The number of hydrogen-bond donors (Lipinski definition) is 0. The highest BCUT2D eigenvalue weighted by Gasteiger charge is 2.29. The number of amides is 1. The molecule has 0 bridgehead atoms. The average molecular weight is 375 g/mol. The summed E-state index contributed by atoms with van der Waals surface area (Å²) in [5.74, 6) is 0.650. The minimum Gasteiger partial charge on any atom is -0.468 e. The van der Waals surface area contributed by atoms with Crippen molar-refractivity contribution in [2.75, 3.05) is 20.4 Å². The van der Waals surface area contributed by atoms with E-state index < -0.39 is 5.38 Å². The molecule has 2 rings (SSSR count). The zero-order valence-electron chi connectivity index (χ0n) is 11.9. The van der Waals surface area contributed by atoms with E-state index in [1.807, 2.05) is 31.2 Å². The van der Waals surface area contributed by atoms with E-state index in [4.69, 9.17) is 21.1 Å². The maximum atomic E-state index is 12.2. The van der Waals surface area contributed by atoms with Crippen LogP contribution < -0.4 is 4.74 Å². The van der Waals surface area contributed by atoms with Crippen molar-refractivity contribution in [3.8, 4) is 5.75 Å². The Bertz CT molecular complexity index is 562. The summed E-state index contributed by atoms with van der Waals surface area (Å²) in [7, 11) is 1.57. The molecular formula is C15H17BrClNO3. The van der Waals surface area contributed by atoms with Gasteiger partial charge in [-0.3, -0.25) is 4.79 Å². The van der Waals surface area contributed by atoms with E-state index in [2.05, 4.69) is 15.9 Å². The van der Waals surface area contributed by atoms with Crippen LogP contribution >= 0.6 is 27.5 Å². The van der Waals surface area contributed by atoms with Crippen LogP contribution in [0.3, 0.4) is 0 Å². The first kappa shape index (κ1) is 16.3. The lowest BCUT2D eigenvalue weighted by Crippen LogP contribution is -2.38. The maximum absolute atomic E-state index is 12.2. The van der Waals surface area contributed by atoms with Gasteiger partial charge in [0.05, 0.1) is 0 Å². The molecule has 4 nitrogen and oxygen atoms in total. The van der Waals surface area contributed by atoms with Gasteiger partial charge in [0.1, 0.15) is 11.1 Å². The highest BCUT2D eigenvalue weighted by molar-refractivity contribution is 9.10. The summed E-state index contributed by atoms with van der Waals surface area (Å²) in [6.07, 6.45) is 2.54. The average Bonchev–Trinajstić information content (AvgIpc) is 2.48. The smallest absolute Gasteiger partial charge is 0.245 e. The van der Waals surface area contributed by atoms with Gasteiger partial charge in [0.25, 0.3) is 0 Å². The van der Waals surface area contributed by atoms with E-state index in [0.717, 1.165) is 15.7 Å². The van der Waals surface area contributed by atoms with Crippen molar-refractivity contribution in [3.63, 3.8) is 0 Å². The molecule has 0 N–H and O–H groups in total. The zero-order chi connectivity index (χ0) is 15.4. The molecule has 1 amide bonds. The van der Waals surface area contributed by atoms with Crippen LogP contribution in [0.25, 0.3) is 5.70 Å². The molecular weight excluding hydrogens is 358 g/mol. The fourth-order valence-electron chi connectivity index (χ4n) is 2.22. The van der Waals surface area contributed by atoms with Gasteiger partial charge in [0.15, 0.2) is 6.79 Å². The van der Waals surface area contributed by atoms with Crippen LogP contribution in [0.2, 0.25) is 0 Å². The quantitative estimate of drug-likeness (QED) is 0.583. The predicted molar refractivity (Wildman–Crippen MR) is 86.3 cm³/mol. The number of methoxy groups -OCH3 is 1. The van der Waals surface area contributed by atoms with Crippen LogP contribution in [-0.2, 0) is 9.53 Å². The topological polar surface area (TPSA) is 38.8 Å². The molecule has 0 fully saturated rings. The van der Waals surface area contributed by atoms with Gasteiger partial charge < -0.3 is 14.4 Å². The maximum Gasteiger partial charge on any atom is 0.245 e. The molecule has 0 radical (unpaired) electrons. The first-order valence-electron chi connectivity index (χ1n) is 6.65. The van der Waals surface area contributed by atoms with E-state index in [1.165, 1.54) is 0 Å². The molecule has 6 heteroatoms. The molecule has 0 aromatic heterocycles. The number of allylic oxidation sites excluding steroid dienone is 1. The second kappa shape index (κ2) is 7.29. The summed E-state index contributed by atoms with van der Waals surface area (Å²) < 4.78 is 11.1. The number of rotatable bonds is 5. The largest absolute Gasteiger partial charge is 0.468 e. The Morgan fingerprint density at radius 3 is 2.86 bits per heavy atom.